The SMILES string of the molecule is COc1ccccc1OCC(=O)N1CCNC(C)C1C. The molecule has 0 aliphatic carbocycles. The van der Waals surface area contributed by atoms with Gasteiger partial charge >= 0.3 is 0 Å². The Bertz CT molecular complexity index is 464. The van der Waals surface area contributed by atoms with Crippen molar-refractivity contribution >= 4 is 5.91 Å². The zero-order valence-electron chi connectivity index (χ0n) is 12.3. The van der Waals surface area contributed by atoms with Crippen LogP contribution >= 0.6 is 0 Å². The van der Waals surface area contributed by atoms with Crippen LogP contribution < -0.4 is 14.8 Å². The van der Waals surface area contributed by atoms with Crippen LogP contribution in [-0.4, -0.2) is 49.7 Å². The number of carbonyl (C=O) groups is 1. The first-order chi connectivity index (χ1) is 9.63. The number of rotatable bonds is 4. The molecular formula is C15H22N2O3. The monoisotopic (exact) mass is 278 g/mol. The fourth-order valence-electron chi connectivity index (χ4n) is 2.37. The molecule has 0 spiro atoms. The lowest BCUT2D eigenvalue weighted by molar-refractivity contribution is -0.137. The summed E-state index contributed by atoms with van der Waals surface area (Å²) in [6, 6.07) is 7.83. The van der Waals surface area contributed by atoms with Crippen LogP contribution in [0.15, 0.2) is 24.3 Å². The summed E-state index contributed by atoms with van der Waals surface area (Å²) < 4.78 is 10.8. The number of hydrogen-bond donors (Lipinski definition) is 1. The standard InChI is InChI=1S/C15H22N2O3/c1-11-12(2)17(9-8-16-11)15(18)10-20-14-7-5-4-6-13(14)19-3/h4-7,11-12,16H,8-10H2,1-3H3. The molecule has 2 unspecified atom stereocenters. The predicted octanol–water partition coefficient (Wildman–Crippen LogP) is 1.28. The van der Waals surface area contributed by atoms with Gasteiger partial charge in [-0.25, -0.2) is 0 Å². The summed E-state index contributed by atoms with van der Waals surface area (Å²) in [7, 11) is 1.59. The summed E-state index contributed by atoms with van der Waals surface area (Å²) in [5.74, 6) is 1.25. The third-order valence-electron chi connectivity index (χ3n) is 3.77. The molecular weight excluding hydrogens is 256 g/mol. The fraction of sp³-hybridized carbons (Fsp3) is 0.533. The second-order valence-corrected chi connectivity index (χ2v) is 5.01. The third-order valence-corrected chi connectivity index (χ3v) is 3.77. The van der Waals surface area contributed by atoms with Crippen molar-refractivity contribution in [1.82, 2.24) is 10.2 Å². The lowest BCUT2D eigenvalue weighted by atomic mass is 10.1. The molecule has 0 saturated carbocycles. The van der Waals surface area contributed by atoms with E-state index in [9.17, 15) is 4.79 Å². The number of carbonyl (C=O) groups excluding carboxylic acids is 1. The number of nitrogens with one attached hydrogen (secondary N) is 1. The maximum absolute atomic E-state index is 12.3. The van der Waals surface area contributed by atoms with Gasteiger partial charge in [0.05, 0.1) is 7.11 Å². The van der Waals surface area contributed by atoms with Crippen molar-refractivity contribution in [2.75, 3.05) is 26.8 Å². The van der Waals surface area contributed by atoms with Gasteiger partial charge in [-0.15, -0.1) is 0 Å². The third kappa shape index (κ3) is 3.22. The molecule has 1 aromatic carbocycles. The Hall–Kier alpha value is -1.75. The highest BCUT2D eigenvalue weighted by Gasteiger charge is 2.28. The summed E-state index contributed by atoms with van der Waals surface area (Å²) in [6.07, 6.45) is 0. The quantitative estimate of drug-likeness (QED) is 0.901. The largest absolute Gasteiger partial charge is 0.493 e. The van der Waals surface area contributed by atoms with Gasteiger partial charge < -0.3 is 19.7 Å². The van der Waals surface area contributed by atoms with Gasteiger partial charge in [-0.2, -0.15) is 0 Å². The van der Waals surface area contributed by atoms with Crippen LogP contribution in [0.5, 0.6) is 11.5 Å². The molecule has 5 nitrogen and oxygen atoms in total. The number of hydrogen-bond acceptors (Lipinski definition) is 4. The first-order valence-corrected chi connectivity index (χ1v) is 6.92. The molecule has 1 heterocycles. The van der Waals surface area contributed by atoms with Gasteiger partial charge in [-0.1, -0.05) is 12.1 Å². The second-order valence-electron chi connectivity index (χ2n) is 5.01. The minimum absolute atomic E-state index is 0.0109. The summed E-state index contributed by atoms with van der Waals surface area (Å²) in [5, 5.41) is 3.35. The normalized spacial score (nSPS) is 22.4. The van der Waals surface area contributed by atoms with Crippen LogP contribution in [-0.2, 0) is 4.79 Å². The minimum Gasteiger partial charge on any atom is -0.493 e. The van der Waals surface area contributed by atoms with E-state index < -0.39 is 0 Å². The molecule has 1 N–H and O–H groups in total. The Morgan fingerprint density at radius 3 is 2.75 bits per heavy atom. The van der Waals surface area contributed by atoms with E-state index in [2.05, 4.69) is 19.2 Å². The number of benzene rings is 1. The molecule has 1 aliphatic heterocycles. The van der Waals surface area contributed by atoms with Gasteiger partial charge in [0.25, 0.3) is 5.91 Å². The predicted molar refractivity (Wildman–Crippen MR) is 77.1 cm³/mol. The second kappa shape index (κ2) is 6.61. The lowest BCUT2D eigenvalue weighted by Gasteiger charge is -2.38. The highest BCUT2D eigenvalue weighted by atomic mass is 16.5. The van der Waals surface area contributed by atoms with Gasteiger partial charge in [0.2, 0.25) is 0 Å². The van der Waals surface area contributed by atoms with Crippen LogP contribution in [0.2, 0.25) is 0 Å². The van der Waals surface area contributed by atoms with Gasteiger partial charge in [0.1, 0.15) is 0 Å². The van der Waals surface area contributed by atoms with Gasteiger partial charge in [-0.05, 0) is 26.0 Å². The Balaban J connectivity index is 1.95. The van der Waals surface area contributed by atoms with Crippen molar-refractivity contribution in [2.24, 2.45) is 0 Å². The Morgan fingerprint density at radius 1 is 1.35 bits per heavy atom. The van der Waals surface area contributed by atoms with Crippen LogP contribution in [0.1, 0.15) is 13.8 Å². The molecule has 1 amide bonds. The zero-order chi connectivity index (χ0) is 14.5. The van der Waals surface area contributed by atoms with Crippen molar-refractivity contribution in [1.29, 1.82) is 0 Å². The number of piperazine rings is 1. The average Bonchev–Trinajstić information content (AvgIpc) is 2.48. The molecule has 2 rings (SSSR count). The summed E-state index contributed by atoms with van der Waals surface area (Å²) in [4.78, 5) is 14.1. The molecule has 20 heavy (non-hydrogen) atoms. The van der Waals surface area contributed by atoms with Gasteiger partial charge in [0, 0.05) is 25.2 Å². The maximum Gasteiger partial charge on any atom is 0.260 e. The number of ether oxygens (including phenoxy) is 2. The first kappa shape index (κ1) is 14.7. The van der Waals surface area contributed by atoms with Crippen LogP contribution in [0, 0.1) is 0 Å². The van der Waals surface area contributed by atoms with Crippen molar-refractivity contribution < 1.29 is 14.3 Å². The summed E-state index contributed by atoms with van der Waals surface area (Å²) in [5.41, 5.74) is 0. The molecule has 1 aliphatic rings. The summed E-state index contributed by atoms with van der Waals surface area (Å²) >= 11 is 0. The number of para-hydroxylation sites is 2. The van der Waals surface area contributed by atoms with Crippen molar-refractivity contribution in [2.45, 2.75) is 25.9 Å². The maximum atomic E-state index is 12.3. The fourth-order valence-corrected chi connectivity index (χ4v) is 2.37. The molecule has 1 fully saturated rings. The highest BCUT2D eigenvalue weighted by molar-refractivity contribution is 5.78. The van der Waals surface area contributed by atoms with Crippen molar-refractivity contribution in [3.8, 4) is 11.5 Å². The van der Waals surface area contributed by atoms with E-state index in [1.54, 1.807) is 13.2 Å². The zero-order valence-corrected chi connectivity index (χ0v) is 12.3. The van der Waals surface area contributed by atoms with E-state index in [1.807, 2.05) is 23.1 Å². The van der Waals surface area contributed by atoms with E-state index in [1.165, 1.54) is 0 Å². The van der Waals surface area contributed by atoms with Gasteiger partial charge in [-0.3, -0.25) is 4.79 Å². The smallest absolute Gasteiger partial charge is 0.260 e. The molecule has 2 atom stereocenters. The summed E-state index contributed by atoms with van der Waals surface area (Å²) in [6.45, 7) is 5.73. The molecule has 5 heteroatoms. The first-order valence-electron chi connectivity index (χ1n) is 6.92. The Morgan fingerprint density at radius 2 is 2.05 bits per heavy atom. The van der Waals surface area contributed by atoms with Crippen LogP contribution in [0.4, 0.5) is 0 Å². The topological polar surface area (TPSA) is 50.8 Å². The van der Waals surface area contributed by atoms with E-state index in [4.69, 9.17) is 9.47 Å². The molecule has 0 bridgehead atoms. The van der Waals surface area contributed by atoms with Crippen molar-refractivity contribution in [3.63, 3.8) is 0 Å². The highest BCUT2D eigenvalue weighted by Crippen LogP contribution is 2.25. The molecule has 110 valence electrons. The number of methoxy groups -OCH3 is 1. The van der Waals surface area contributed by atoms with E-state index in [0.29, 0.717) is 17.5 Å². The molecule has 1 saturated heterocycles. The number of nitrogens with zero attached hydrogens (tertiary/aromatic N) is 1. The van der Waals surface area contributed by atoms with E-state index >= 15 is 0 Å². The van der Waals surface area contributed by atoms with Crippen LogP contribution in [0.25, 0.3) is 0 Å². The minimum atomic E-state index is 0.0109. The van der Waals surface area contributed by atoms with Gasteiger partial charge in [0.15, 0.2) is 18.1 Å². The molecule has 0 aromatic heterocycles. The van der Waals surface area contributed by atoms with E-state index in [0.717, 1.165) is 13.1 Å². The molecule has 1 aromatic rings. The van der Waals surface area contributed by atoms with Crippen LogP contribution in [0.3, 0.4) is 0 Å². The Kier molecular flexibility index (Phi) is 4.84. The Labute approximate surface area is 119 Å². The average molecular weight is 278 g/mol. The number of amides is 1. The molecule has 0 radical (unpaired) electrons. The van der Waals surface area contributed by atoms with Crippen molar-refractivity contribution in [3.05, 3.63) is 24.3 Å². The lowest BCUT2D eigenvalue weighted by Crippen LogP contribution is -2.58. The van der Waals surface area contributed by atoms with E-state index in [-0.39, 0.29) is 18.6 Å².